The van der Waals surface area contributed by atoms with Crippen LogP contribution in [-0.2, 0) is 6.18 Å². The summed E-state index contributed by atoms with van der Waals surface area (Å²) in [6.07, 6.45) is -2.24. The fourth-order valence-corrected chi connectivity index (χ4v) is 3.02. The van der Waals surface area contributed by atoms with Crippen LogP contribution < -0.4 is 4.90 Å². The van der Waals surface area contributed by atoms with Crippen LogP contribution in [0.25, 0.3) is 0 Å². The van der Waals surface area contributed by atoms with E-state index in [0.29, 0.717) is 16.6 Å². The van der Waals surface area contributed by atoms with Crippen LogP contribution in [0.5, 0.6) is 0 Å². The van der Waals surface area contributed by atoms with E-state index in [0.717, 1.165) is 25.5 Å². The van der Waals surface area contributed by atoms with E-state index in [1.54, 1.807) is 0 Å². The average molecular weight is 324 g/mol. The molecule has 0 atom stereocenters. The number of hydrogen-bond acceptors (Lipinski definition) is 3. The van der Waals surface area contributed by atoms with Gasteiger partial charge in [-0.25, -0.2) is 0 Å². The van der Waals surface area contributed by atoms with Gasteiger partial charge in [0.25, 0.3) is 0 Å². The zero-order chi connectivity index (χ0) is 13.3. The van der Waals surface area contributed by atoms with Crippen molar-refractivity contribution in [3.8, 4) is 0 Å². The van der Waals surface area contributed by atoms with Gasteiger partial charge in [0.15, 0.2) is 11.5 Å². The Balaban J connectivity index is 1.96. The lowest BCUT2D eigenvalue weighted by Gasteiger charge is -2.34. The standard InChI is InChI=1S/C11H13BrF3N3/c1-18(6-7-4-8(12)5-7)10-3-2-9(16-17-10)11(13,14)15/h2-3,7-8H,4-6H2,1H3. The Kier molecular flexibility index (Phi) is 3.79. The summed E-state index contributed by atoms with van der Waals surface area (Å²) in [4.78, 5) is 2.42. The van der Waals surface area contributed by atoms with Crippen LogP contribution in [-0.4, -0.2) is 28.6 Å². The highest BCUT2D eigenvalue weighted by Gasteiger charge is 2.33. The summed E-state index contributed by atoms with van der Waals surface area (Å²) in [6, 6.07) is 2.33. The van der Waals surface area contributed by atoms with Gasteiger partial charge in [0, 0.05) is 18.4 Å². The van der Waals surface area contributed by atoms with Gasteiger partial charge in [-0.05, 0) is 30.9 Å². The molecule has 3 nitrogen and oxygen atoms in total. The summed E-state index contributed by atoms with van der Waals surface area (Å²) in [5, 5.41) is 6.83. The highest BCUT2D eigenvalue weighted by atomic mass is 79.9. The van der Waals surface area contributed by atoms with Gasteiger partial charge in [-0.1, -0.05) is 15.9 Å². The van der Waals surface area contributed by atoms with E-state index in [-0.39, 0.29) is 0 Å². The number of anilines is 1. The minimum absolute atomic E-state index is 0.473. The van der Waals surface area contributed by atoms with Crippen LogP contribution in [0.1, 0.15) is 18.5 Å². The van der Waals surface area contributed by atoms with Gasteiger partial charge in [-0.2, -0.15) is 13.2 Å². The Bertz CT molecular complexity index is 401. The molecule has 0 radical (unpaired) electrons. The number of nitrogens with zero attached hydrogens (tertiary/aromatic N) is 3. The Hall–Kier alpha value is -0.850. The molecule has 1 aromatic rings. The third kappa shape index (κ3) is 3.13. The monoisotopic (exact) mass is 323 g/mol. The summed E-state index contributed by atoms with van der Waals surface area (Å²) in [5.74, 6) is 1.05. The Morgan fingerprint density at radius 1 is 1.33 bits per heavy atom. The first-order chi connectivity index (χ1) is 8.36. The number of rotatable bonds is 3. The minimum atomic E-state index is -4.43. The Morgan fingerprint density at radius 2 is 2.00 bits per heavy atom. The van der Waals surface area contributed by atoms with Crippen molar-refractivity contribution in [3.63, 3.8) is 0 Å². The van der Waals surface area contributed by atoms with E-state index in [9.17, 15) is 13.2 Å². The lowest BCUT2D eigenvalue weighted by molar-refractivity contribution is -0.141. The first kappa shape index (κ1) is 13.6. The number of halogens is 4. The molecule has 1 aliphatic carbocycles. The van der Waals surface area contributed by atoms with Crippen molar-refractivity contribution in [1.29, 1.82) is 0 Å². The molecule has 1 aliphatic rings. The van der Waals surface area contributed by atoms with Crippen molar-refractivity contribution in [3.05, 3.63) is 17.8 Å². The fourth-order valence-electron chi connectivity index (χ4n) is 1.96. The fraction of sp³-hybridized carbons (Fsp3) is 0.636. The van der Waals surface area contributed by atoms with E-state index < -0.39 is 11.9 Å². The predicted octanol–water partition coefficient (Wildman–Crippen LogP) is 3.11. The lowest BCUT2D eigenvalue weighted by Crippen LogP contribution is -2.35. The van der Waals surface area contributed by atoms with Crippen molar-refractivity contribution in [2.24, 2.45) is 5.92 Å². The molecule has 7 heteroatoms. The summed E-state index contributed by atoms with van der Waals surface area (Å²) >= 11 is 3.51. The van der Waals surface area contributed by atoms with Crippen molar-refractivity contribution in [2.75, 3.05) is 18.5 Å². The number of hydrogen-bond donors (Lipinski definition) is 0. The predicted molar refractivity (Wildman–Crippen MR) is 65.7 cm³/mol. The molecule has 0 aliphatic heterocycles. The van der Waals surface area contributed by atoms with Crippen LogP contribution >= 0.6 is 15.9 Å². The molecule has 0 amide bonds. The third-order valence-electron chi connectivity index (χ3n) is 3.04. The van der Waals surface area contributed by atoms with Crippen molar-refractivity contribution in [2.45, 2.75) is 23.8 Å². The molecule has 1 fully saturated rings. The second-order valence-corrected chi connectivity index (χ2v) is 5.88. The highest BCUT2D eigenvalue weighted by molar-refractivity contribution is 9.09. The van der Waals surface area contributed by atoms with E-state index in [4.69, 9.17) is 0 Å². The smallest absolute Gasteiger partial charge is 0.358 e. The molecule has 0 aromatic carbocycles. The van der Waals surface area contributed by atoms with Crippen molar-refractivity contribution >= 4 is 21.7 Å². The molecule has 2 rings (SSSR count). The van der Waals surface area contributed by atoms with Crippen LogP contribution in [0, 0.1) is 5.92 Å². The Morgan fingerprint density at radius 3 is 2.44 bits per heavy atom. The normalized spacial score (nSPS) is 23.6. The molecular formula is C11H13BrF3N3. The molecule has 0 bridgehead atoms. The summed E-state index contributed by atoms with van der Waals surface area (Å²) in [5.41, 5.74) is -0.955. The zero-order valence-electron chi connectivity index (χ0n) is 9.78. The average Bonchev–Trinajstić information content (AvgIpc) is 2.26. The quantitative estimate of drug-likeness (QED) is 0.800. The summed E-state index contributed by atoms with van der Waals surface area (Å²) in [7, 11) is 1.82. The molecule has 1 heterocycles. The van der Waals surface area contributed by atoms with E-state index >= 15 is 0 Å². The van der Waals surface area contributed by atoms with E-state index in [2.05, 4.69) is 26.1 Å². The van der Waals surface area contributed by atoms with Crippen LogP contribution in [0.4, 0.5) is 19.0 Å². The SMILES string of the molecule is CN(CC1CC(Br)C1)c1ccc(C(F)(F)F)nn1. The van der Waals surface area contributed by atoms with Gasteiger partial charge < -0.3 is 4.90 Å². The summed E-state index contributed by atoms with van der Waals surface area (Å²) in [6.45, 7) is 0.794. The molecule has 0 N–H and O–H groups in total. The molecule has 18 heavy (non-hydrogen) atoms. The van der Waals surface area contributed by atoms with Gasteiger partial charge in [0.1, 0.15) is 0 Å². The topological polar surface area (TPSA) is 29.0 Å². The molecular weight excluding hydrogens is 311 g/mol. The molecule has 0 saturated heterocycles. The first-order valence-electron chi connectivity index (χ1n) is 5.62. The van der Waals surface area contributed by atoms with Gasteiger partial charge in [-0.3, -0.25) is 0 Å². The molecule has 0 spiro atoms. The van der Waals surface area contributed by atoms with Crippen LogP contribution in [0.2, 0.25) is 0 Å². The maximum absolute atomic E-state index is 12.3. The first-order valence-corrected chi connectivity index (χ1v) is 6.54. The zero-order valence-corrected chi connectivity index (χ0v) is 11.4. The summed E-state index contributed by atoms with van der Waals surface area (Å²) < 4.78 is 36.9. The minimum Gasteiger partial charge on any atom is -0.358 e. The molecule has 0 unspecified atom stereocenters. The van der Waals surface area contributed by atoms with Crippen molar-refractivity contribution in [1.82, 2.24) is 10.2 Å². The van der Waals surface area contributed by atoms with Gasteiger partial charge in [-0.15, -0.1) is 10.2 Å². The second-order valence-electron chi connectivity index (χ2n) is 4.59. The van der Waals surface area contributed by atoms with E-state index in [1.165, 1.54) is 6.07 Å². The van der Waals surface area contributed by atoms with Crippen LogP contribution in [0.15, 0.2) is 12.1 Å². The largest absolute Gasteiger partial charge is 0.435 e. The lowest BCUT2D eigenvalue weighted by atomic mass is 9.85. The highest BCUT2D eigenvalue weighted by Crippen LogP contribution is 2.34. The van der Waals surface area contributed by atoms with Gasteiger partial charge in [0.2, 0.25) is 0 Å². The van der Waals surface area contributed by atoms with Crippen LogP contribution in [0.3, 0.4) is 0 Å². The maximum atomic E-state index is 12.3. The van der Waals surface area contributed by atoms with Gasteiger partial charge >= 0.3 is 6.18 Å². The number of alkyl halides is 4. The molecule has 1 aromatic heterocycles. The molecule has 1 saturated carbocycles. The number of aromatic nitrogens is 2. The van der Waals surface area contributed by atoms with Gasteiger partial charge in [0.05, 0.1) is 0 Å². The molecule has 100 valence electrons. The Labute approximate surface area is 112 Å². The van der Waals surface area contributed by atoms with Crippen molar-refractivity contribution < 1.29 is 13.2 Å². The van der Waals surface area contributed by atoms with E-state index in [1.807, 2.05) is 11.9 Å². The third-order valence-corrected chi connectivity index (χ3v) is 3.79. The maximum Gasteiger partial charge on any atom is 0.435 e. The second kappa shape index (κ2) is 5.03.